The average Bonchev–Trinajstić information content (AvgIpc) is 3.18. The van der Waals surface area contributed by atoms with Gasteiger partial charge in [0, 0.05) is 22.3 Å². The van der Waals surface area contributed by atoms with Crippen LogP contribution in [-0.2, 0) is 0 Å². The first kappa shape index (κ1) is 33.3. The molecule has 0 aliphatic carbocycles. The second kappa shape index (κ2) is 15.9. The van der Waals surface area contributed by atoms with Gasteiger partial charge < -0.3 is 9.47 Å². The summed E-state index contributed by atoms with van der Waals surface area (Å²) >= 11 is 0. The van der Waals surface area contributed by atoms with Gasteiger partial charge in [0.15, 0.2) is 11.5 Å². The standard InChI is InChI=1S/C44H22N4O2/c1-49-43-39(23-19-31-3-11-35(27-45)12-4-31)41(25-21-33-7-15-37(29-47)16-8-33)44(50-2)42(26-22-34-9-17-38(30-48)18-10-34)40(43)24-20-32-5-13-36(28-46)14-6-32/h3-18H,1-2H3. The largest absolute Gasteiger partial charge is 0.494 e. The monoisotopic (exact) mass is 638 g/mol. The maximum Gasteiger partial charge on any atom is 0.152 e. The van der Waals surface area contributed by atoms with Crippen LogP contribution in [0.25, 0.3) is 0 Å². The van der Waals surface area contributed by atoms with Crippen LogP contribution in [0.15, 0.2) is 97.1 Å². The van der Waals surface area contributed by atoms with E-state index in [1.165, 1.54) is 14.2 Å². The van der Waals surface area contributed by atoms with Gasteiger partial charge in [-0.15, -0.1) is 0 Å². The van der Waals surface area contributed by atoms with Gasteiger partial charge in [0.25, 0.3) is 0 Å². The third-order valence-corrected chi connectivity index (χ3v) is 7.20. The molecule has 0 atom stereocenters. The van der Waals surface area contributed by atoms with E-state index in [1.807, 2.05) is 0 Å². The lowest BCUT2D eigenvalue weighted by molar-refractivity contribution is 0.399. The first-order valence-electron chi connectivity index (χ1n) is 14.9. The van der Waals surface area contributed by atoms with Crippen molar-refractivity contribution in [1.29, 1.82) is 21.0 Å². The molecule has 0 unspecified atom stereocenters. The Bertz CT molecular complexity index is 2170. The Morgan fingerprint density at radius 1 is 0.300 bits per heavy atom. The molecule has 6 nitrogen and oxygen atoms in total. The third kappa shape index (κ3) is 7.81. The Kier molecular flexibility index (Phi) is 10.6. The lowest BCUT2D eigenvalue weighted by atomic mass is 9.94. The molecule has 0 heterocycles. The van der Waals surface area contributed by atoms with E-state index in [4.69, 9.17) is 9.47 Å². The van der Waals surface area contributed by atoms with Crippen molar-refractivity contribution < 1.29 is 9.47 Å². The van der Waals surface area contributed by atoms with Crippen molar-refractivity contribution in [2.24, 2.45) is 0 Å². The molecule has 0 saturated carbocycles. The van der Waals surface area contributed by atoms with Crippen molar-refractivity contribution in [1.82, 2.24) is 0 Å². The number of methoxy groups -OCH3 is 2. The fraction of sp³-hybridized carbons (Fsp3) is 0.0455. The molecule has 0 radical (unpaired) electrons. The SMILES string of the molecule is COc1c(C#Cc2ccc(C#N)cc2)c(C#Cc2ccc(C#N)cc2)c(OC)c(C#Cc2ccc(C#N)cc2)c1C#Cc1ccc(C#N)cc1. The summed E-state index contributed by atoms with van der Waals surface area (Å²) in [6, 6.07) is 35.9. The number of rotatable bonds is 2. The fourth-order valence-electron chi connectivity index (χ4n) is 4.64. The van der Waals surface area contributed by atoms with E-state index in [0.717, 1.165) is 0 Å². The lowest BCUT2D eigenvalue weighted by Gasteiger charge is -2.16. The lowest BCUT2D eigenvalue weighted by Crippen LogP contribution is -2.04. The molecule has 50 heavy (non-hydrogen) atoms. The Morgan fingerprint density at radius 3 is 0.640 bits per heavy atom. The Balaban J connectivity index is 1.83. The third-order valence-electron chi connectivity index (χ3n) is 7.20. The van der Waals surface area contributed by atoms with E-state index in [0.29, 0.717) is 78.3 Å². The number of ether oxygens (including phenoxy) is 2. The minimum atomic E-state index is 0.321. The van der Waals surface area contributed by atoms with E-state index in [2.05, 4.69) is 71.6 Å². The van der Waals surface area contributed by atoms with Crippen LogP contribution in [0.5, 0.6) is 11.5 Å². The highest BCUT2D eigenvalue weighted by atomic mass is 16.5. The first-order chi connectivity index (χ1) is 24.5. The molecule has 0 aromatic heterocycles. The minimum absolute atomic E-state index is 0.321. The quantitative estimate of drug-likeness (QED) is 0.197. The summed E-state index contributed by atoms with van der Waals surface area (Å²) in [5, 5.41) is 37.0. The summed E-state index contributed by atoms with van der Waals surface area (Å²) in [4.78, 5) is 0. The number of hydrogen-bond donors (Lipinski definition) is 0. The molecule has 0 amide bonds. The highest BCUT2D eigenvalue weighted by Gasteiger charge is 2.23. The zero-order chi connectivity index (χ0) is 35.3. The van der Waals surface area contributed by atoms with E-state index in [-0.39, 0.29) is 0 Å². The maximum atomic E-state index is 9.24. The maximum absolute atomic E-state index is 9.24. The summed E-state index contributed by atoms with van der Waals surface area (Å²) in [5.41, 5.74) is 6.29. The topological polar surface area (TPSA) is 114 Å². The van der Waals surface area contributed by atoms with Crippen molar-refractivity contribution >= 4 is 0 Å². The number of nitrogens with zero attached hydrogens (tertiary/aromatic N) is 4. The van der Waals surface area contributed by atoms with Gasteiger partial charge >= 0.3 is 0 Å². The summed E-state index contributed by atoms with van der Waals surface area (Å²) in [5.74, 6) is 26.1. The van der Waals surface area contributed by atoms with E-state index < -0.39 is 0 Å². The first-order valence-corrected chi connectivity index (χ1v) is 14.9. The Hall–Kier alpha value is -8.10. The molecule has 0 spiro atoms. The van der Waals surface area contributed by atoms with Crippen molar-refractivity contribution in [2.75, 3.05) is 14.2 Å². The summed E-state index contributed by atoms with van der Waals surface area (Å²) < 4.78 is 12.0. The van der Waals surface area contributed by atoms with Crippen LogP contribution in [0.1, 0.15) is 66.8 Å². The van der Waals surface area contributed by atoms with Crippen molar-refractivity contribution in [3.8, 4) is 83.1 Å². The van der Waals surface area contributed by atoms with E-state index in [1.54, 1.807) is 97.1 Å². The van der Waals surface area contributed by atoms with Crippen molar-refractivity contribution in [2.45, 2.75) is 0 Å². The Labute approximate surface area is 291 Å². The summed E-state index contributed by atoms with van der Waals surface area (Å²) in [7, 11) is 3.02. The smallest absolute Gasteiger partial charge is 0.152 e. The predicted molar refractivity (Wildman–Crippen MR) is 188 cm³/mol. The zero-order valence-corrected chi connectivity index (χ0v) is 26.8. The highest BCUT2D eigenvalue weighted by Crippen LogP contribution is 2.38. The van der Waals surface area contributed by atoms with Gasteiger partial charge in [-0.05, 0) is 97.1 Å². The van der Waals surface area contributed by atoms with Gasteiger partial charge in [-0.2, -0.15) is 21.0 Å². The second-order valence-electron chi connectivity index (χ2n) is 10.3. The summed E-state index contributed by atoms with van der Waals surface area (Å²) in [6.45, 7) is 0. The fourth-order valence-corrected chi connectivity index (χ4v) is 4.64. The van der Waals surface area contributed by atoms with E-state index >= 15 is 0 Å². The van der Waals surface area contributed by atoms with E-state index in [9.17, 15) is 21.0 Å². The number of benzene rings is 5. The molecule has 5 aromatic rings. The van der Waals surface area contributed by atoms with Crippen LogP contribution >= 0.6 is 0 Å². The van der Waals surface area contributed by atoms with Gasteiger partial charge in [-0.1, -0.05) is 47.4 Å². The molecule has 0 bridgehead atoms. The molecule has 5 aromatic carbocycles. The van der Waals surface area contributed by atoms with Crippen LogP contribution in [0.3, 0.4) is 0 Å². The molecule has 0 aliphatic heterocycles. The molecule has 0 N–H and O–H groups in total. The molecular formula is C44H22N4O2. The number of nitriles is 4. The van der Waals surface area contributed by atoms with Crippen molar-refractivity contribution in [3.63, 3.8) is 0 Å². The molecule has 5 rings (SSSR count). The van der Waals surface area contributed by atoms with Crippen molar-refractivity contribution in [3.05, 3.63) is 164 Å². The predicted octanol–water partition coefficient (Wildman–Crippen LogP) is 6.79. The molecule has 0 aliphatic rings. The van der Waals surface area contributed by atoms with Crippen LogP contribution in [0.4, 0.5) is 0 Å². The average molecular weight is 639 g/mol. The van der Waals surface area contributed by atoms with Crippen LogP contribution < -0.4 is 9.47 Å². The highest BCUT2D eigenvalue weighted by molar-refractivity contribution is 5.77. The second-order valence-corrected chi connectivity index (χ2v) is 10.3. The zero-order valence-electron chi connectivity index (χ0n) is 26.8. The molecule has 0 saturated heterocycles. The molecular weight excluding hydrogens is 617 g/mol. The normalized spacial score (nSPS) is 9.08. The Morgan fingerprint density at radius 2 is 0.480 bits per heavy atom. The van der Waals surface area contributed by atoms with Gasteiger partial charge in [0.2, 0.25) is 0 Å². The van der Waals surface area contributed by atoms with Gasteiger partial charge in [-0.25, -0.2) is 0 Å². The molecule has 0 fully saturated rings. The van der Waals surface area contributed by atoms with Crippen LogP contribution in [0, 0.1) is 92.7 Å². The van der Waals surface area contributed by atoms with Gasteiger partial charge in [-0.3, -0.25) is 0 Å². The minimum Gasteiger partial charge on any atom is -0.494 e. The van der Waals surface area contributed by atoms with Gasteiger partial charge in [0.05, 0.1) is 83.0 Å². The molecule has 6 heteroatoms. The number of hydrogen-bond acceptors (Lipinski definition) is 6. The van der Waals surface area contributed by atoms with Crippen LogP contribution in [0.2, 0.25) is 0 Å². The van der Waals surface area contributed by atoms with Gasteiger partial charge in [0.1, 0.15) is 0 Å². The van der Waals surface area contributed by atoms with Crippen LogP contribution in [-0.4, -0.2) is 14.2 Å². The molecule has 230 valence electrons. The summed E-state index contributed by atoms with van der Waals surface area (Å²) in [6.07, 6.45) is 0.